The molecule has 2 spiro atoms. The smallest absolute Gasteiger partial charge is 0.482 e. The zero-order valence-corrected chi connectivity index (χ0v) is 26.4. The molecule has 0 radical (unpaired) electrons. The van der Waals surface area contributed by atoms with Gasteiger partial charge in [0.25, 0.3) is 0 Å². The summed E-state index contributed by atoms with van der Waals surface area (Å²) >= 11 is 0. The molecule has 9 nitrogen and oxygen atoms in total. The molecule has 2 aliphatic heterocycles. The molecule has 43 heavy (non-hydrogen) atoms. The maximum Gasteiger partial charge on any atom is 0.513 e. The normalized spacial score (nSPS) is 37.7. The molecule has 5 aliphatic carbocycles. The Kier molecular flexibility index (Phi) is 6.78. The zero-order valence-electron chi connectivity index (χ0n) is 26.4. The average molecular weight is 600 g/mol. The minimum atomic E-state index is -1.01. The number of hydrogen-bond donors (Lipinski definition) is 3. The molecule has 4 bridgehead atoms. The molecule has 8 rings (SSSR count). The number of ether oxygens (including phenoxy) is 4. The molecule has 0 aromatic heterocycles. The van der Waals surface area contributed by atoms with E-state index in [2.05, 4.69) is 31.7 Å². The molecule has 5 fully saturated rings. The van der Waals surface area contributed by atoms with Gasteiger partial charge in [0, 0.05) is 48.4 Å². The van der Waals surface area contributed by atoms with Gasteiger partial charge in [-0.05, 0) is 81.4 Å². The van der Waals surface area contributed by atoms with Gasteiger partial charge in [-0.2, -0.15) is 0 Å². The molecule has 1 saturated heterocycles. The Labute approximate surface area is 254 Å². The lowest BCUT2D eigenvalue weighted by Crippen LogP contribution is -2.83. The molecule has 3 N–H and O–H groups in total. The van der Waals surface area contributed by atoms with Gasteiger partial charge in [0.2, 0.25) is 0 Å². The summed E-state index contributed by atoms with van der Waals surface area (Å²) in [5.41, 5.74) is -0.0344. The summed E-state index contributed by atoms with van der Waals surface area (Å²) in [5, 5.41) is 31.1. The number of carbonyl (C=O) groups is 1. The van der Waals surface area contributed by atoms with E-state index < -0.39 is 30.1 Å². The molecule has 8 atom stereocenters. The van der Waals surface area contributed by atoms with Crippen LogP contribution >= 0.6 is 0 Å². The molecule has 7 aliphatic rings. The van der Waals surface area contributed by atoms with Crippen LogP contribution in [-0.2, 0) is 21.3 Å². The lowest BCUT2D eigenvalue weighted by molar-refractivity contribution is -0.312. The molecule has 1 aromatic rings. The fraction of sp³-hybridized carbons (Fsp3) is 0.794. The van der Waals surface area contributed by atoms with Crippen LogP contribution in [0.15, 0.2) is 12.1 Å². The molecule has 1 unspecified atom stereocenters. The Balaban J connectivity index is 1.33. The third-order valence-electron chi connectivity index (χ3n) is 12.9. The number of rotatable bonds is 9. The quantitative estimate of drug-likeness (QED) is 0.286. The number of aliphatic hydroxyl groups excluding tert-OH is 2. The van der Waals surface area contributed by atoms with Crippen molar-refractivity contribution >= 4 is 6.16 Å². The Morgan fingerprint density at radius 3 is 2.63 bits per heavy atom. The zero-order chi connectivity index (χ0) is 30.6. The van der Waals surface area contributed by atoms with E-state index >= 15 is 0 Å². The van der Waals surface area contributed by atoms with Gasteiger partial charge in [-0.15, -0.1) is 0 Å². The summed E-state index contributed by atoms with van der Waals surface area (Å²) in [6.45, 7) is 10.0. The fourth-order valence-corrected chi connectivity index (χ4v) is 10.1. The Morgan fingerprint density at radius 2 is 1.95 bits per heavy atom. The molecular formula is C34H49NO8. The number of aliphatic hydroxyl groups is 3. The number of piperidine rings is 1. The summed E-state index contributed by atoms with van der Waals surface area (Å²) in [6.07, 6.45) is 5.20. The molecule has 1 aromatic carbocycles. The van der Waals surface area contributed by atoms with Crippen molar-refractivity contribution in [3.8, 4) is 11.5 Å². The molecule has 2 heterocycles. The van der Waals surface area contributed by atoms with E-state index in [1.165, 1.54) is 24.0 Å². The van der Waals surface area contributed by atoms with Gasteiger partial charge in [0.15, 0.2) is 11.5 Å². The first kappa shape index (κ1) is 29.8. The number of carbonyl (C=O) groups excluding carboxylic acids is 1. The van der Waals surface area contributed by atoms with Gasteiger partial charge in [-0.3, -0.25) is 4.90 Å². The van der Waals surface area contributed by atoms with Crippen LogP contribution in [0.3, 0.4) is 0 Å². The first-order chi connectivity index (χ1) is 20.3. The van der Waals surface area contributed by atoms with Crippen molar-refractivity contribution in [3.63, 3.8) is 0 Å². The summed E-state index contributed by atoms with van der Waals surface area (Å²) in [6, 6.07) is 4.29. The van der Waals surface area contributed by atoms with Crippen molar-refractivity contribution in [1.82, 2.24) is 4.90 Å². The van der Waals surface area contributed by atoms with Gasteiger partial charge >= 0.3 is 6.16 Å². The highest BCUT2D eigenvalue weighted by molar-refractivity contribution is 5.70. The van der Waals surface area contributed by atoms with E-state index in [0.29, 0.717) is 17.5 Å². The van der Waals surface area contributed by atoms with E-state index in [0.717, 1.165) is 51.1 Å². The highest BCUT2D eigenvalue weighted by Crippen LogP contribution is 2.78. The standard InChI is InChI=1S/C34H49NO8/c1-30(2,3)31(4,39)24-17-32-11-12-34(24,40-5)28-33(32)13-14-35(18-20-6-7-20)25(32)16-21-8-9-23(27(43-28)26(21)33)42-29(38)41-15-10-22(37)19-36/h8-9,20,22,24-25,28,36-37,39H,6-7,10-19H2,1-5H3/t22?,24-,25-,28-,31+,32-,33+,34+/m1/s1. The minimum absolute atomic E-state index is 0.0633. The minimum Gasteiger partial charge on any atom is -0.482 e. The predicted octanol–water partition coefficient (Wildman–Crippen LogP) is 3.97. The van der Waals surface area contributed by atoms with Crippen LogP contribution in [0, 0.1) is 22.7 Å². The van der Waals surface area contributed by atoms with Crippen molar-refractivity contribution in [2.45, 2.75) is 114 Å². The van der Waals surface area contributed by atoms with Gasteiger partial charge in [0.1, 0.15) is 11.7 Å². The summed E-state index contributed by atoms with van der Waals surface area (Å²) < 4.78 is 24.8. The van der Waals surface area contributed by atoms with Crippen molar-refractivity contribution in [1.29, 1.82) is 0 Å². The fourth-order valence-electron chi connectivity index (χ4n) is 10.1. The van der Waals surface area contributed by atoms with E-state index in [1.54, 1.807) is 7.11 Å². The maximum absolute atomic E-state index is 12.8. The summed E-state index contributed by atoms with van der Waals surface area (Å²) in [4.78, 5) is 15.5. The second-order valence-electron chi connectivity index (χ2n) is 15.6. The SMILES string of the molecule is CO[C@@]12CC[C@@]3(C[C@@H]1[C@](C)(O)C(C)(C)C)[C@H]1Cc4ccc(OC(=O)OCCC(O)CO)c5c4[C@@]3(CCN1CC1CC1)[C@H]2O5. The maximum atomic E-state index is 12.8. The highest BCUT2D eigenvalue weighted by Gasteiger charge is 2.82. The van der Waals surface area contributed by atoms with E-state index in [-0.39, 0.29) is 41.3 Å². The first-order valence-electron chi connectivity index (χ1n) is 16.3. The topological polar surface area (TPSA) is 118 Å². The van der Waals surface area contributed by atoms with E-state index in [1.807, 2.05) is 13.0 Å². The predicted molar refractivity (Wildman–Crippen MR) is 158 cm³/mol. The lowest BCUT2D eigenvalue weighted by atomic mass is 9.33. The number of methoxy groups -OCH3 is 1. The molecule has 238 valence electrons. The van der Waals surface area contributed by atoms with Crippen LogP contribution in [0.1, 0.15) is 83.8 Å². The number of fused-ring (bicyclic) bond motifs is 2. The summed E-state index contributed by atoms with van der Waals surface area (Å²) in [5.74, 6) is 1.61. The second kappa shape index (κ2) is 9.79. The molecule has 0 amide bonds. The molecule has 9 heteroatoms. The Morgan fingerprint density at radius 1 is 1.19 bits per heavy atom. The van der Waals surface area contributed by atoms with Gasteiger partial charge in [-0.1, -0.05) is 26.8 Å². The highest BCUT2D eigenvalue weighted by atomic mass is 16.7. The third kappa shape index (κ3) is 3.97. The number of nitrogens with zero attached hydrogens (tertiary/aromatic N) is 1. The monoisotopic (exact) mass is 599 g/mol. The third-order valence-corrected chi connectivity index (χ3v) is 12.9. The molecule has 4 saturated carbocycles. The van der Waals surface area contributed by atoms with Crippen LogP contribution in [0.25, 0.3) is 0 Å². The lowest BCUT2D eigenvalue weighted by Gasteiger charge is -2.75. The van der Waals surface area contributed by atoms with Crippen molar-refractivity contribution in [2.75, 3.05) is 33.4 Å². The second-order valence-corrected chi connectivity index (χ2v) is 15.6. The van der Waals surface area contributed by atoms with E-state index in [4.69, 9.17) is 24.1 Å². The summed E-state index contributed by atoms with van der Waals surface area (Å²) in [7, 11) is 1.78. The van der Waals surface area contributed by atoms with Gasteiger partial charge in [-0.25, -0.2) is 4.79 Å². The molecular weight excluding hydrogens is 550 g/mol. The van der Waals surface area contributed by atoms with Crippen molar-refractivity contribution in [2.24, 2.45) is 22.7 Å². The van der Waals surface area contributed by atoms with Gasteiger partial charge in [0.05, 0.1) is 24.9 Å². The number of benzene rings is 1. The van der Waals surface area contributed by atoms with Crippen LogP contribution in [-0.4, -0.2) is 89.2 Å². The van der Waals surface area contributed by atoms with Crippen LogP contribution in [0.5, 0.6) is 11.5 Å². The van der Waals surface area contributed by atoms with Gasteiger partial charge < -0.3 is 34.3 Å². The number of hydrogen-bond acceptors (Lipinski definition) is 9. The van der Waals surface area contributed by atoms with Crippen LogP contribution < -0.4 is 9.47 Å². The van der Waals surface area contributed by atoms with Crippen LogP contribution in [0.4, 0.5) is 4.79 Å². The van der Waals surface area contributed by atoms with E-state index in [9.17, 15) is 15.0 Å². The largest absolute Gasteiger partial charge is 0.513 e. The first-order valence-corrected chi connectivity index (χ1v) is 16.3. The Hall–Kier alpha value is -1.91. The van der Waals surface area contributed by atoms with Crippen molar-refractivity contribution in [3.05, 3.63) is 23.3 Å². The Bertz CT molecular complexity index is 1290. The van der Waals surface area contributed by atoms with Crippen molar-refractivity contribution < 1.29 is 39.1 Å². The average Bonchev–Trinajstić information content (AvgIpc) is 3.71. The van der Waals surface area contributed by atoms with Crippen LogP contribution in [0.2, 0.25) is 0 Å². The number of likely N-dealkylation sites (tertiary alicyclic amines) is 1.